The minimum atomic E-state index is -4.14. The maximum atomic E-state index is 13.1. The van der Waals surface area contributed by atoms with Crippen LogP contribution >= 0.6 is 0 Å². The van der Waals surface area contributed by atoms with Crippen LogP contribution in [-0.2, 0) is 14.8 Å². The van der Waals surface area contributed by atoms with Gasteiger partial charge in [-0.3, -0.25) is 9.59 Å². The predicted octanol–water partition coefficient (Wildman–Crippen LogP) is 1.33. The van der Waals surface area contributed by atoms with E-state index in [-0.39, 0.29) is 22.9 Å². The molecule has 0 bridgehead atoms. The quantitative estimate of drug-likeness (QED) is 0.831. The minimum Gasteiger partial charge on any atom is -0.378 e. The number of Topliss-reactive ketones (excluding diaryl/α,β-unsaturated/α-hetero) is 2. The first kappa shape index (κ1) is 18.8. The Morgan fingerprint density at radius 2 is 1.69 bits per heavy atom. The summed E-state index contributed by atoms with van der Waals surface area (Å²) in [5.74, 6) is -1.08. The number of ketones is 2. The van der Waals surface area contributed by atoms with Crippen LogP contribution in [0.15, 0.2) is 34.9 Å². The highest BCUT2D eigenvalue weighted by Crippen LogP contribution is 2.31. The Labute approximate surface area is 153 Å². The zero-order chi connectivity index (χ0) is 18.9. The van der Waals surface area contributed by atoms with Gasteiger partial charge in [0.1, 0.15) is 5.70 Å². The van der Waals surface area contributed by atoms with Crippen molar-refractivity contribution in [3.63, 3.8) is 0 Å². The van der Waals surface area contributed by atoms with Crippen molar-refractivity contribution in [2.75, 3.05) is 26.3 Å². The number of hydrogen-bond donors (Lipinski definition) is 1. The summed E-state index contributed by atoms with van der Waals surface area (Å²) in [6, 6.07) is 5.98. The van der Waals surface area contributed by atoms with Crippen molar-refractivity contribution in [1.82, 2.24) is 9.62 Å². The van der Waals surface area contributed by atoms with Crippen LogP contribution in [0, 0.1) is 0 Å². The Morgan fingerprint density at radius 3 is 2.27 bits per heavy atom. The summed E-state index contributed by atoms with van der Waals surface area (Å²) < 4.78 is 33.8. The van der Waals surface area contributed by atoms with Crippen LogP contribution in [0.3, 0.4) is 0 Å². The number of carbonyl (C=O) groups excluding carboxylic acids is 2. The molecule has 8 heteroatoms. The molecule has 1 aliphatic heterocycles. The summed E-state index contributed by atoms with van der Waals surface area (Å²) in [7, 11) is -4.14. The standard InChI is InChI=1S/C18H22N2O5S/c1-3-12(2)19-26(23,24)18-15(20-8-10-25-11-9-20)16(21)13-6-4-5-7-14(13)17(18)22/h4-7,12,19H,3,8-11H2,1-2H3. The molecular weight excluding hydrogens is 356 g/mol. The minimum absolute atomic E-state index is 0.0483. The van der Waals surface area contributed by atoms with Crippen LogP contribution < -0.4 is 4.72 Å². The van der Waals surface area contributed by atoms with E-state index in [0.29, 0.717) is 32.7 Å². The molecule has 140 valence electrons. The van der Waals surface area contributed by atoms with Crippen molar-refractivity contribution in [2.45, 2.75) is 26.3 Å². The molecule has 7 nitrogen and oxygen atoms in total. The molecule has 0 radical (unpaired) electrons. The number of hydrogen-bond acceptors (Lipinski definition) is 6. The lowest BCUT2D eigenvalue weighted by atomic mass is 9.91. The molecule has 0 saturated carbocycles. The zero-order valence-electron chi connectivity index (χ0n) is 14.8. The average molecular weight is 378 g/mol. The molecular formula is C18H22N2O5S. The number of sulfonamides is 1. The van der Waals surface area contributed by atoms with Gasteiger partial charge in [0.2, 0.25) is 21.6 Å². The molecule has 0 amide bonds. The lowest BCUT2D eigenvalue weighted by Gasteiger charge is -2.33. The topological polar surface area (TPSA) is 92.8 Å². The monoisotopic (exact) mass is 378 g/mol. The summed E-state index contributed by atoms with van der Waals surface area (Å²) in [6.07, 6.45) is 0.568. The van der Waals surface area contributed by atoms with E-state index >= 15 is 0 Å². The van der Waals surface area contributed by atoms with Crippen LogP contribution in [-0.4, -0.2) is 57.2 Å². The Bertz CT molecular complexity index is 869. The highest BCUT2D eigenvalue weighted by atomic mass is 32.2. The van der Waals surface area contributed by atoms with Gasteiger partial charge in [-0.25, -0.2) is 13.1 Å². The molecule has 1 saturated heterocycles. The van der Waals surface area contributed by atoms with Gasteiger partial charge in [0, 0.05) is 30.3 Å². The summed E-state index contributed by atoms with van der Waals surface area (Å²) in [5.41, 5.74) is 0.313. The van der Waals surface area contributed by atoms with Crippen LogP contribution in [0.25, 0.3) is 0 Å². The Morgan fingerprint density at radius 1 is 1.12 bits per heavy atom. The second-order valence-electron chi connectivity index (χ2n) is 6.41. The molecule has 1 atom stereocenters. The first-order chi connectivity index (χ1) is 12.4. The van der Waals surface area contributed by atoms with Gasteiger partial charge in [0.05, 0.1) is 13.2 Å². The van der Waals surface area contributed by atoms with Gasteiger partial charge in [-0.1, -0.05) is 31.2 Å². The number of ether oxygens (including phenoxy) is 1. The molecule has 0 aromatic heterocycles. The average Bonchev–Trinajstić information content (AvgIpc) is 2.64. The maximum Gasteiger partial charge on any atom is 0.246 e. The third kappa shape index (κ3) is 3.32. The summed E-state index contributed by atoms with van der Waals surface area (Å²) in [5, 5.41) is 0. The molecule has 0 spiro atoms. The highest BCUT2D eigenvalue weighted by molar-refractivity contribution is 7.94. The van der Waals surface area contributed by atoms with Gasteiger partial charge in [0.15, 0.2) is 4.91 Å². The number of allylic oxidation sites excluding steroid dienone is 2. The molecule has 1 aromatic carbocycles. The van der Waals surface area contributed by atoms with E-state index in [9.17, 15) is 18.0 Å². The molecule has 1 N–H and O–H groups in total. The van der Waals surface area contributed by atoms with Crippen molar-refractivity contribution < 1.29 is 22.7 Å². The van der Waals surface area contributed by atoms with Gasteiger partial charge in [-0.15, -0.1) is 0 Å². The highest BCUT2D eigenvalue weighted by Gasteiger charge is 2.41. The van der Waals surface area contributed by atoms with E-state index in [0.717, 1.165) is 0 Å². The van der Waals surface area contributed by atoms with E-state index in [1.807, 2.05) is 6.92 Å². The first-order valence-electron chi connectivity index (χ1n) is 8.64. The van der Waals surface area contributed by atoms with Gasteiger partial charge in [-0.05, 0) is 13.3 Å². The maximum absolute atomic E-state index is 13.1. The van der Waals surface area contributed by atoms with Crippen molar-refractivity contribution >= 4 is 21.6 Å². The third-order valence-electron chi connectivity index (χ3n) is 4.62. The van der Waals surface area contributed by atoms with Gasteiger partial charge >= 0.3 is 0 Å². The molecule has 1 aromatic rings. The van der Waals surface area contributed by atoms with Crippen molar-refractivity contribution in [3.05, 3.63) is 46.0 Å². The van der Waals surface area contributed by atoms with Crippen molar-refractivity contribution in [3.8, 4) is 0 Å². The van der Waals surface area contributed by atoms with Crippen LogP contribution in [0.1, 0.15) is 41.0 Å². The van der Waals surface area contributed by atoms with E-state index in [4.69, 9.17) is 4.74 Å². The van der Waals surface area contributed by atoms with Crippen molar-refractivity contribution in [1.29, 1.82) is 0 Å². The fourth-order valence-corrected chi connectivity index (χ4v) is 4.71. The van der Waals surface area contributed by atoms with Crippen LogP contribution in [0.2, 0.25) is 0 Å². The number of nitrogens with zero attached hydrogens (tertiary/aromatic N) is 1. The Balaban J connectivity index is 2.18. The second kappa shape index (κ2) is 7.30. The predicted molar refractivity (Wildman–Crippen MR) is 96.3 cm³/mol. The van der Waals surface area contributed by atoms with Crippen LogP contribution in [0.5, 0.6) is 0 Å². The van der Waals surface area contributed by atoms with E-state index in [1.165, 1.54) is 6.07 Å². The fraction of sp³-hybridized carbons (Fsp3) is 0.444. The molecule has 1 unspecified atom stereocenters. The van der Waals surface area contributed by atoms with E-state index in [1.54, 1.807) is 30.0 Å². The second-order valence-corrected chi connectivity index (χ2v) is 8.06. The molecule has 1 fully saturated rings. The van der Waals surface area contributed by atoms with Crippen LogP contribution in [0.4, 0.5) is 0 Å². The lowest BCUT2D eigenvalue weighted by Crippen LogP contribution is -2.44. The number of rotatable bonds is 5. The van der Waals surface area contributed by atoms with Gasteiger partial charge in [0.25, 0.3) is 0 Å². The number of benzene rings is 1. The number of nitrogens with one attached hydrogen (secondary N) is 1. The first-order valence-corrected chi connectivity index (χ1v) is 10.1. The number of carbonyl (C=O) groups is 2. The van der Waals surface area contributed by atoms with Crippen molar-refractivity contribution in [2.24, 2.45) is 0 Å². The number of morpholine rings is 1. The normalized spacial score (nSPS) is 19.5. The van der Waals surface area contributed by atoms with E-state index < -0.39 is 26.5 Å². The molecule has 26 heavy (non-hydrogen) atoms. The third-order valence-corrected chi connectivity index (χ3v) is 6.25. The van der Waals surface area contributed by atoms with Gasteiger partial charge in [-0.2, -0.15) is 0 Å². The fourth-order valence-electron chi connectivity index (χ4n) is 3.07. The Hall–Kier alpha value is -2.03. The zero-order valence-corrected chi connectivity index (χ0v) is 15.6. The smallest absolute Gasteiger partial charge is 0.246 e. The van der Waals surface area contributed by atoms with E-state index in [2.05, 4.69) is 4.72 Å². The largest absolute Gasteiger partial charge is 0.378 e. The molecule has 2 aliphatic rings. The molecule has 1 heterocycles. The van der Waals surface area contributed by atoms with Gasteiger partial charge < -0.3 is 9.64 Å². The number of fused-ring (bicyclic) bond motifs is 1. The molecule has 3 rings (SSSR count). The Kier molecular flexibility index (Phi) is 5.27. The summed E-state index contributed by atoms with van der Waals surface area (Å²) >= 11 is 0. The lowest BCUT2D eigenvalue weighted by molar-refractivity contribution is 0.0499. The summed E-state index contributed by atoms with van der Waals surface area (Å²) in [4.78, 5) is 27.3. The summed E-state index contributed by atoms with van der Waals surface area (Å²) in [6.45, 7) is 5.03. The SMILES string of the molecule is CCC(C)NS(=O)(=O)C1=C(N2CCOCC2)C(=O)c2ccccc2C1=O. The molecule has 1 aliphatic carbocycles.